The minimum Gasteiger partial charge on any atom is -0.481 e. The van der Waals surface area contributed by atoms with Crippen molar-refractivity contribution < 1.29 is 27.9 Å². The number of carbonyl (C=O) groups is 2. The zero-order valence-corrected chi connectivity index (χ0v) is 14.7. The molecule has 1 atom stereocenters. The van der Waals surface area contributed by atoms with Crippen molar-refractivity contribution in [2.45, 2.75) is 26.1 Å². The molecule has 1 unspecified atom stereocenters. The summed E-state index contributed by atoms with van der Waals surface area (Å²) in [6.45, 7) is 1.16. The van der Waals surface area contributed by atoms with E-state index in [0.29, 0.717) is 5.56 Å². The van der Waals surface area contributed by atoms with Crippen LogP contribution in [0, 0.1) is 5.92 Å². The van der Waals surface area contributed by atoms with Crippen molar-refractivity contribution in [2.75, 3.05) is 6.54 Å². The van der Waals surface area contributed by atoms with Crippen molar-refractivity contribution in [1.29, 1.82) is 0 Å². The minimum atomic E-state index is -4.56. The molecule has 0 saturated carbocycles. The number of benzene rings is 2. The fourth-order valence-electron chi connectivity index (χ4n) is 2.77. The number of hydrogen-bond donors (Lipinski definition) is 1. The maximum Gasteiger partial charge on any atom is 0.416 e. The molecule has 0 aromatic heterocycles. The first-order chi connectivity index (χ1) is 12.7. The van der Waals surface area contributed by atoms with Crippen LogP contribution >= 0.6 is 0 Å². The van der Waals surface area contributed by atoms with Gasteiger partial charge in [0.15, 0.2) is 0 Å². The third-order valence-electron chi connectivity index (χ3n) is 4.27. The van der Waals surface area contributed by atoms with E-state index in [9.17, 15) is 27.9 Å². The first kappa shape index (κ1) is 20.5. The van der Waals surface area contributed by atoms with E-state index in [1.807, 2.05) is 0 Å². The number of aliphatic carboxylic acids is 1. The van der Waals surface area contributed by atoms with Crippen molar-refractivity contribution in [3.05, 3.63) is 71.3 Å². The molecule has 0 spiro atoms. The number of alkyl halides is 3. The van der Waals surface area contributed by atoms with E-state index in [4.69, 9.17) is 0 Å². The van der Waals surface area contributed by atoms with Gasteiger partial charge in [0.1, 0.15) is 0 Å². The Morgan fingerprint density at radius 3 is 2.19 bits per heavy atom. The highest BCUT2D eigenvalue weighted by Crippen LogP contribution is 2.32. The van der Waals surface area contributed by atoms with Crippen LogP contribution in [0.15, 0.2) is 54.6 Å². The predicted molar refractivity (Wildman–Crippen MR) is 94.0 cm³/mol. The molecule has 1 amide bonds. The molecule has 144 valence electrons. The molecule has 0 fully saturated rings. The third kappa shape index (κ3) is 5.32. The first-order valence-corrected chi connectivity index (χ1v) is 8.46. The molecule has 2 rings (SSSR count). The molecule has 0 aliphatic rings. The highest BCUT2D eigenvalue weighted by atomic mass is 19.4. The lowest BCUT2D eigenvalue weighted by atomic mass is 10.0. The molecule has 0 radical (unpaired) electrons. The van der Waals surface area contributed by atoms with Crippen LogP contribution in [-0.4, -0.2) is 28.4 Å². The Bertz CT molecular complexity index is 791. The van der Waals surface area contributed by atoms with Crippen LogP contribution in [0.1, 0.15) is 34.8 Å². The van der Waals surface area contributed by atoms with Gasteiger partial charge >= 0.3 is 12.1 Å². The van der Waals surface area contributed by atoms with E-state index in [0.717, 1.165) is 6.07 Å². The van der Waals surface area contributed by atoms with Gasteiger partial charge in [-0.3, -0.25) is 9.59 Å². The van der Waals surface area contributed by atoms with Crippen molar-refractivity contribution in [2.24, 2.45) is 5.92 Å². The van der Waals surface area contributed by atoms with Crippen LogP contribution in [0.5, 0.6) is 0 Å². The van der Waals surface area contributed by atoms with E-state index >= 15 is 0 Å². The van der Waals surface area contributed by atoms with Crippen molar-refractivity contribution >= 4 is 11.9 Å². The van der Waals surface area contributed by atoms with Gasteiger partial charge in [-0.05, 0) is 30.2 Å². The lowest BCUT2D eigenvalue weighted by Gasteiger charge is -2.27. The molecule has 0 heterocycles. The van der Waals surface area contributed by atoms with Gasteiger partial charge in [-0.25, -0.2) is 0 Å². The maximum atomic E-state index is 13.3. The Morgan fingerprint density at radius 1 is 1.04 bits per heavy atom. The molecule has 7 heteroatoms. The molecule has 0 aliphatic heterocycles. The number of hydrogen-bond acceptors (Lipinski definition) is 2. The highest BCUT2D eigenvalue weighted by molar-refractivity contribution is 5.94. The minimum absolute atomic E-state index is 0.0745. The number of carbonyl (C=O) groups excluding carboxylic acids is 1. The fraction of sp³-hybridized carbons (Fsp3) is 0.300. The van der Waals surface area contributed by atoms with Crippen molar-refractivity contribution in [3.63, 3.8) is 0 Å². The molecule has 0 bridgehead atoms. The Kier molecular flexibility index (Phi) is 6.60. The number of rotatable bonds is 7. The standard InChI is InChI=1S/C20H20F3NO3/c1-2-14(19(26)27)12-24(18(25)15-8-4-3-5-9-15)13-16-10-6-7-11-17(16)20(21,22)23/h3-11,14H,2,12-13H2,1H3,(H,26,27). The molecule has 4 nitrogen and oxygen atoms in total. The maximum absolute atomic E-state index is 13.3. The average Bonchev–Trinajstić information content (AvgIpc) is 2.64. The Hall–Kier alpha value is -2.83. The summed E-state index contributed by atoms with van der Waals surface area (Å²) in [5.41, 5.74) is -0.615. The van der Waals surface area contributed by atoms with Crippen molar-refractivity contribution in [3.8, 4) is 0 Å². The van der Waals surface area contributed by atoms with Crippen LogP contribution in [0.25, 0.3) is 0 Å². The summed E-state index contributed by atoms with van der Waals surface area (Å²) in [6.07, 6.45) is -4.30. The lowest BCUT2D eigenvalue weighted by Crippen LogP contribution is -2.37. The summed E-state index contributed by atoms with van der Waals surface area (Å²) in [5.74, 6) is -2.46. The van der Waals surface area contributed by atoms with Crippen LogP contribution in [0.4, 0.5) is 13.2 Å². The van der Waals surface area contributed by atoms with Crippen LogP contribution < -0.4 is 0 Å². The van der Waals surface area contributed by atoms with Crippen LogP contribution in [-0.2, 0) is 17.5 Å². The van der Waals surface area contributed by atoms with Crippen LogP contribution in [0.2, 0.25) is 0 Å². The summed E-state index contributed by atoms with van der Waals surface area (Å²) in [7, 11) is 0. The van der Waals surface area contributed by atoms with Gasteiger partial charge in [0.2, 0.25) is 0 Å². The van der Waals surface area contributed by atoms with Gasteiger partial charge in [0, 0.05) is 18.7 Å². The van der Waals surface area contributed by atoms with E-state index in [1.54, 1.807) is 37.3 Å². The largest absolute Gasteiger partial charge is 0.481 e. The molecule has 2 aromatic rings. The number of carboxylic acid groups (broad SMARTS) is 1. The van der Waals surface area contributed by atoms with E-state index in [2.05, 4.69) is 0 Å². The second-order valence-electron chi connectivity index (χ2n) is 6.15. The smallest absolute Gasteiger partial charge is 0.416 e. The Labute approximate surface area is 155 Å². The zero-order valence-electron chi connectivity index (χ0n) is 14.7. The van der Waals surface area contributed by atoms with E-state index in [-0.39, 0.29) is 25.1 Å². The number of halogens is 3. The summed E-state index contributed by atoms with van der Waals surface area (Å²) in [5, 5.41) is 9.31. The Morgan fingerprint density at radius 2 is 1.63 bits per heavy atom. The highest BCUT2D eigenvalue weighted by Gasteiger charge is 2.34. The van der Waals surface area contributed by atoms with Gasteiger partial charge in [-0.2, -0.15) is 13.2 Å². The average molecular weight is 379 g/mol. The summed E-state index contributed by atoms with van der Waals surface area (Å²) in [4.78, 5) is 25.4. The second-order valence-corrected chi connectivity index (χ2v) is 6.15. The van der Waals surface area contributed by atoms with Gasteiger partial charge in [0.25, 0.3) is 5.91 Å². The van der Waals surface area contributed by atoms with Gasteiger partial charge < -0.3 is 10.0 Å². The van der Waals surface area contributed by atoms with Crippen LogP contribution in [0.3, 0.4) is 0 Å². The third-order valence-corrected chi connectivity index (χ3v) is 4.27. The fourth-order valence-corrected chi connectivity index (χ4v) is 2.77. The Balaban J connectivity index is 2.39. The topological polar surface area (TPSA) is 57.6 Å². The summed E-state index contributed by atoms with van der Waals surface area (Å²) >= 11 is 0. The molecular formula is C20H20F3NO3. The van der Waals surface area contributed by atoms with E-state index in [1.165, 1.54) is 23.1 Å². The number of nitrogens with zero attached hydrogens (tertiary/aromatic N) is 1. The second kappa shape index (κ2) is 8.70. The number of amides is 1. The lowest BCUT2D eigenvalue weighted by molar-refractivity contribution is -0.142. The summed E-state index contributed by atoms with van der Waals surface area (Å²) in [6, 6.07) is 13.1. The van der Waals surface area contributed by atoms with Gasteiger partial charge in [-0.15, -0.1) is 0 Å². The molecule has 27 heavy (non-hydrogen) atoms. The first-order valence-electron chi connectivity index (χ1n) is 8.46. The normalized spacial score (nSPS) is 12.4. The molecule has 2 aromatic carbocycles. The zero-order chi connectivity index (χ0) is 20.0. The van der Waals surface area contributed by atoms with Gasteiger partial charge in [-0.1, -0.05) is 43.3 Å². The van der Waals surface area contributed by atoms with Gasteiger partial charge in [0.05, 0.1) is 11.5 Å². The van der Waals surface area contributed by atoms with E-state index < -0.39 is 29.5 Å². The molecule has 0 saturated heterocycles. The SMILES string of the molecule is CCC(CN(Cc1ccccc1C(F)(F)F)C(=O)c1ccccc1)C(=O)O. The van der Waals surface area contributed by atoms with Crippen molar-refractivity contribution in [1.82, 2.24) is 4.90 Å². The monoisotopic (exact) mass is 379 g/mol. The molecular weight excluding hydrogens is 359 g/mol. The number of carboxylic acids is 1. The predicted octanol–water partition coefficient (Wildman–Crippen LogP) is 4.46. The quantitative estimate of drug-likeness (QED) is 0.773. The summed E-state index contributed by atoms with van der Waals surface area (Å²) < 4.78 is 39.8. The molecule has 0 aliphatic carbocycles. The molecule has 1 N–H and O–H groups in total.